The van der Waals surface area contributed by atoms with E-state index < -0.39 is 6.04 Å². The molecule has 112 valence electrons. The van der Waals surface area contributed by atoms with E-state index in [-0.39, 0.29) is 11.6 Å². The fourth-order valence-corrected chi connectivity index (χ4v) is 3.49. The summed E-state index contributed by atoms with van der Waals surface area (Å²) in [4.78, 5) is 16.6. The highest BCUT2D eigenvalue weighted by atomic mass is 79.9. The first kappa shape index (κ1) is 13.6. The molecule has 1 atom stereocenters. The van der Waals surface area contributed by atoms with Gasteiger partial charge in [-0.1, -0.05) is 15.9 Å². The van der Waals surface area contributed by atoms with E-state index in [4.69, 9.17) is 0 Å². The first-order valence-electron chi connectivity index (χ1n) is 7.03. The normalized spacial score (nSPS) is 20.5. The average Bonchev–Trinajstić information content (AvgIpc) is 2.96. The van der Waals surface area contributed by atoms with Crippen LogP contribution in [0, 0.1) is 5.82 Å². The molecule has 0 fully saturated rings. The maximum atomic E-state index is 14.4. The first-order valence-corrected chi connectivity index (χ1v) is 7.82. The van der Waals surface area contributed by atoms with Gasteiger partial charge in [-0.15, -0.1) is 0 Å². The first-order chi connectivity index (χ1) is 10.6. The molecule has 0 amide bonds. The van der Waals surface area contributed by atoms with Crippen molar-refractivity contribution in [2.75, 3.05) is 5.32 Å². The lowest BCUT2D eigenvalue weighted by molar-refractivity contribution is -0.116. The van der Waals surface area contributed by atoms with Gasteiger partial charge in [-0.05, 0) is 31.0 Å². The van der Waals surface area contributed by atoms with Gasteiger partial charge in [0.05, 0.1) is 0 Å². The predicted molar refractivity (Wildman–Crippen MR) is 81.8 cm³/mol. The van der Waals surface area contributed by atoms with Crippen molar-refractivity contribution in [2.24, 2.45) is 0 Å². The predicted octanol–water partition coefficient (Wildman–Crippen LogP) is 3.20. The molecule has 1 aromatic heterocycles. The van der Waals surface area contributed by atoms with Gasteiger partial charge in [-0.25, -0.2) is 9.07 Å². The summed E-state index contributed by atoms with van der Waals surface area (Å²) in [6.07, 6.45) is 3.46. The highest BCUT2D eigenvalue weighted by molar-refractivity contribution is 9.10. The molecule has 1 aliphatic heterocycles. The van der Waals surface area contributed by atoms with Gasteiger partial charge < -0.3 is 5.32 Å². The van der Waals surface area contributed by atoms with Crippen molar-refractivity contribution >= 4 is 27.7 Å². The molecule has 0 saturated heterocycles. The van der Waals surface area contributed by atoms with Crippen molar-refractivity contribution in [1.82, 2.24) is 14.8 Å². The lowest BCUT2D eigenvalue weighted by atomic mass is 9.85. The molecule has 7 heteroatoms. The van der Waals surface area contributed by atoms with Crippen molar-refractivity contribution in [1.29, 1.82) is 0 Å². The van der Waals surface area contributed by atoms with Crippen LogP contribution < -0.4 is 5.32 Å². The molecule has 2 aliphatic rings. The molecule has 1 N–H and O–H groups in total. The standard InChI is InChI=1S/C15H12BrFN4O/c16-8-4-5-10(17)9(6-8)14-13-11(2-1-3-12(13)22)20-15-18-7-19-21(14)15/h4-7,14H,1-3H2,(H,18,19,20). The minimum Gasteiger partial charge on any atom is -0.328 e. The Balaban J connectivity index is 1.97. The van der Waals surface area contributed by atoms with Crippen LogP contribution >= 0.6 is 15.9 Å². The number of hydrogen-bond donors (Lipinski definition) is 1. The van der Waals surface area contributed by atoms with Crippen LogP contribution in [0.1, 0.15) is 30.9 Å². The number of fused-ring (bicyclic) bond motifs is 1. The molecule has 0 saturated carbocycles. The quantitative estimate of drug-likeness (QED) is 0.846. The molecule has 2 aromatic rings. The largest absolute Gasteiger partial charge is 0.328 e. The van der Waals surface area contributed by atoms with E-state index >= 15 is 0 Å². The van der Waals surface area contributed by atoms with Crippen LogP contribution in [0.3, 0.4) is 0 Å². The molecule has 0 bridgehead atoms. The molecule has 1 unspecified atom stereocenters. The van der Waals surface area contributed by atoms with Gasteiger partial charge in [-0.3, -0.25) is 4.79 Å². The third kappa shape index (κ3) is 1.99. The molecule has 1 aliphatic carbocycles. The summed E-state index contributed by atoms with van der Waals surface area (Å²) in [5, 5.41) is 7.34. The van der Waals surface area contributed by atoms with E-state index in [2.05, 4.69) is 31.3 Å². The summed E-state index contributed by atoms with van der Waals surface area (Å²) in [7, 11) is 0. The van der Waals surface area contributed by atoms with Crippen LogP contribution in [0.4, 0.5) is 10.3 Å². The number of allylic oxidation sites excluding steroid dienone is 2. The second-order valence-corrected chi connectivity index (χ2v) is 6.31. The van der Waals surface area contributed by atoms with E-state index in [1.807, 2.05) is 0 Å². The summed E-state index contributed by atoms with van der Waals surface area (Å²) in [6, 6.07) is 4.16. The van der Waals surface area contributed by atoms with Crippen molar-refractivity contribution in [3.63, 3.8) is 0 Å². The minimum atomic E-state index is -0.570. The highest BCUT2D eigenvalue weighted by Crippen LogP contribution is 2.40. The van der Waals surface area contributed by atoms with E-state index in [9.17, 15) is 9.18 Å². The Morgan fingerprint density at radius 3 is 3.09 bits per heavy atom. The number of carbonyl (C=O) groups excluding carboxylic acids is 1. The summed E-state index contributed by atoms with van der Waals surface area (Å²) in [6.45, 7) is 0. The fraction of sp³-hybridized carbons (Fsp3) is 0.267. The summed E-state index contributed by atoms with van der Waals surface area (Å²) in [5.74, 6) is 0.221. The zero-order valence-corrected chi connectivity index (χ0v) is 13.1. The molecule has 1 aromatic carbocycles. The summed E-state index contributed by atoms with van der Waals surface area (Å²) < 4.78 is 16.7. The Hall–Kier alpha value is -2.02. The fourth-order valence-electron chi connectivity index (χ4n) is 3.11. The Morgan fingerprint density at radius 2 is 2.23 bits per heavy atom. The molecule has 0 spiro atoms. The number of hydrogen-bond acceptors (Lipinski definition) is 4. The van der Waals surface area contributed by atoms with Gasteiger partial charge in [0.2, 0.25) is 5.95 Å². The second kappa shape index (κ2) is 5.01. The van der Waals surface area contributed by atoms with Crippen molar-refractivity contribution in [2.45, 2.75) is 25.3 Å². The molecule has 5 nitrogen and oxygen atoms in total. The van der Waals surface area contributed by atoms with Gasteiger partial charge in [-0.2, -0.15) is 10.1 Å². The second-order valence-electron chi connectivity index (χ2n) is 5.39. The van der Waals surface area contributed by atoms with Gasteiger partial charge in [0.15, 0.2) is 5.78 Å². The number of halogens is 2. The third-order valence-electron chi connectivity index (χ3n) is 4.06. The van der Waals surface area contributed by atoms with Crippen LogP contribution in [-0.4, -0.2) is 20.5 Å². The molecular weight excluding hydrogens is 351 g/mol. The number of carbonyl (C=O) groups is 1. The zero-order chi connectivity index (χ0) is 15.3. The van der Waals surface area contributed by atoms with Gasteiger partial charge in [0.25, 0.3) is 0 Å². The van der Waals surface area contributed by atoms with Crippen molar-refractivity contribution in [3.05, 3.63) is 51.6 Å². The number of rotatable bonds is 1. The summed E-state index contributed by atoms with van der Waals surface area (Å²) in [5.41, 5.74) is 1.85. The van der Waals surface area contributed by atoms with Crippen LogP contribution in [0.5, 0.6) is 0 Å². The lowest BCUT2D eigenvalue weighted by Crippen LogP contribution is -2.32. The van der Waals surface area contributed by atoms with Crippen molar-refractivity contribution in [3.8, 4) is 0 Å². The number of benzene rings is 1. The van der Waals surface area contributed by atoms with Gasteiger partial charge in [0, 0.05) is 27.7 Å². The molecular formula is C15H12BrFN4O. The SMILES string of the molecule is O=C1CCCC2=C1C(c1cc(Br)ccc1F)n1ncnc1N2. The van der Waals surface area contributed by atoms with E-state index in [1.54, 1.807) is 16.8 Å². The maximum Gasteiger partial charge on any atom is 0.226 e. The number of Topliss-reactive ketones (excluding diaryl/α,β-unsaturated/α-hetero) is 1. The smallest absolute Gasteiger partial charge is 0.226 e. The zero-order valence-electron chi connectivity index (χ0n) is 11.5. The Bertz CT molecular complexity index is 814. The van der Waals surface area contributed by atoms with Crippen LogP contribution in [0.15, 0.2) is 40.3 Å². The summed E-state index contributed by atoms with van der Waals surface area (Å²) >= 11 is 3.37. The number of nitrogens with one attached hydrogen (secondary N) is 1. The van der Waals surface area contributed by atoms with Crippen LogP contribution in [0.2, 0.25) is 0 Å². The topological polar surface area (TPSA) is 59.8 Å². The molecule has 2 heterocycles. The maximum absolute atomic E-state index is 14.4. The highest BCUT2D eigenvalue weighted by Gasteiger charge is 2.37. The van der Waals surface area contributed by atoms with E-state index in [1.165, 1.54) is 12.4 Å². The Morgan fingerprint density at radius 1 is 1.36 bits per heavy atom. The third-order valence-corrected chi connectivity index (χ3v) is 4.56. The van der Waals surface area contributed by atoms with Gasteiger partial charge >= 0.3 is 0 Å². The monoisotopic (exact) mass is 362 g/mol. The van der Waals surface area contributed by atoms with Crippen LogP contribution in [0.25, 0.3) is 0 Å². The van der Waals surface area contributed by atoms with Crippen LogP contribution in [-0.2, 0) is 4.79 Å². The molecule has 4 rings (SSSR count). The number of ketones is 1. The lowest BCUT2D eigenvalue weighted by Gasteiger charge is -2.32. The minimum absolute atomic E-state index is 0.0410. The molecule has 0 radical (unpaired) electrons. The van der Waals surface area contributed by atoms with E-state index in [0.29, 0.717) is 23.5 Å². The van der Waals surface area contributed by atoms with Crippen molar-refractivity contribution < 1.29 is 9.18 Å². The van der Waals surface area contributed by atoms with E-state index in [0.717, 1.165) is 23.0 Å². The Kier molecular flexibility index (Phi) is 3.11. The average molecular weight is 363 g/mol. The number of nitrogens with zero attached hydrogens (tertiary/aromatic N) is 3. The molecule has 22 heavy (non-hydrogen) atoms. The number of anilines is 1. The number of aromatic nitrogens is 3. The van der Waals surface area contributed by atoms with Gasteiger partial charge in [0.1, 0.15) is 18.2 Å². The Labute approximate surface area is 134 Å².